The van der Waals surface area contributed by atoms with Crippen LogP contribution >= 0.6 is 0 Å². The number of hydrogen-bond acceptors (Lipinski definition) is 3. The first-order valence-electron chi connectivity index (χ1n) is 5.89. The molecule has 1 aromatic rings. The van der Waals surface area contributed by atoms with Gasteiger partial charge in [0.1, 0.15) is 11.5 Å². The van der Waals surface area contributed by atoms with Crippen LogP contribution < -0.4 is 11.1 Å². The van der Waals surface area contributed by atoms with Crippen LogP contribution in [0.4, 0.5) is 0 Å². The molecule has 1 aliphatic carbocycles. The molecule has 0 spiro atoms. The van der Waals surface area contributed by atoms with Crippen molar-refractivity contribution in [2.45, 2.75) is 44.7 Å². The third-order valence-electron chi connectivity index (χ3n) is 2.78. The van der Waals surface area contributed by atoms with Gasteiger partial charge in [0, 0.05) is 12.5 Å². The molecule has 3 nitrogen and oxygen atoms in total. The molecule has 0 aliphatic heterocycles. The second kappa shape index (κ2) is 5.33. The fraction of sp³-hybridized carbons (Fsp3) is 0.667. The molecule has 3 heteroatoms. The van der Waals surface area contributed by atoms with Crippen LogP contribution in [0.25, 0.3) is 0 Å². The number of nitrogens with two attached hydrogens (primary N) is 1. The highest BCUT2D eigenvalue weighted by Crippen LogP contribution is 2.18. The molecule has 15 heavy (non-hydrogen) atoms. The molecular formula is C12H20N2O. The van der Waals surface area contributed by atoms with Crippen molar-refractivity contribution in [3.05, 3.63) is 23.7 Å². The summed E-state index contributed by atoms with van der Waals surface area (Å²) in [6.07, 6.45) is 6.20. The molecule has 84 valence electrons. The van der Waals surface area contributed by atoms with Gasteiger partial charge >= 0.3 is 0 Å². The van der Waals surface area contributed by atoms with E-state index in [2.05, 4.69) is 5.32 Å². The van der Waals surface area contributed by atoms with Gasteiger partial charge in [-0.25, -0.2) is 0 Å². The summed E-state index contributed by atoms with van der Waals surface area (Å²) in [7, 11) is 0. The number of unbranched alkanes of at least 4 members (excludes halogenated alkanes) is 1. The van der Waals surface area contributed by atoms with Gasteiger partial charge in [0.25, 0.3) is 0 Å². The van der Waals surface area contributed by atoms with E-state index in [9.17, 15) is 0 Å². The first-order chi connectivity index (χ1) is 7.38. The van der Waals surface area contributed by atoms with Crippen LogP contribution in [-0.2, 0) is 13.0 Å². The van der Waals surface area contributed by atoms with E-state index in [0.717, 1.165) is 30.5 Å². The summed E-state index contributed by atoms with van der Waals surface area (Å²) in [5, 5.41) is 3.51. The first kappa shape index (κ1) is 10.7. The number of rotatable bonds is 7. The van der Waals surface area contributed by atoms with Crippen LogP contribution in [0.1, 0.15) is 37.2 Å². The fourth-order valence-electron chi connectivity index (χ4n) is 1.68. The lowest BCUT2D eigenvalue weighted by atomic mass is 10.2. The summed E-state index contributed by atoms with van der Waals surface area (Å²) in [5.74, 6) is 1.96. The predicted octanol–water partition coefficient (Wildman–Crippen LogP) is 1.81. The minimum Gasteiger partial charge on any atom is -0.465 e. The van der Waals surface area contributed by atoms with Gasteiger partial charge in [-0.2, -0.15) is 0 Å². The summed E-state index contributed by atoms with van der Waals surface area (Å²) in [6.45, 7) is 1.65. The maximum atomic E-state index is 5.53. The van der Waals surface area contributed by atoms with Crippen LogP contribution in [0.5, 0.6) is 0 Å². The Morgan fingerprint density at radius 1 is 1.27 bits per heavy atom. The van der Waals surface area contributed by atoms with Gasteiger partial charge in [0.15, 0.2) is 0 Å². The van der Waals surface area contributed by atoms with Gasteiger partial charge in [-0.3, -0.25) is 0 Å². The van der Waals surface area contributed by atoms with Gasteiger partial charge < -0.3 is 15.5 Å². The second-order valence-corrected chi connectivity index (χ2v) is 4.26. The topological polar surface area (TPSA) is 51.2 Å². The van der Waals surface area contributed by atoms with E-state index in [4.69, 9.17) is 10.2 Å². The molecule has 1 fully saturated rings. The van der Waals surface area contributed by atoms with E-state index < -0.39 is 0 Å². The van der Waals surface area contributed by atoms with Crippen molar-refractivity contribution in [1.82, 2.24) is 5.32 Å². The van der Waals surface area contributed by atoms with Gasteiger partial charge in [-0.05, 0) is 44.4 Å². The summed E-state index contributed by atoms with van der Waals surface area (Å²) in [5.41, 5.74) is 5.48. The maximum absolute atomic E-state index is 5.53. The number of aryl methyl sites for hydroxylation is 1. The molecule has 0 aromatic carbocycles. The molecule has 2 rings (SSSR count). The highest BCUT2D eigenvalue weighted by Gasteiger charge is 2.19. The SMILES string of the molecule is NCc1ccc(CCCCNC2CC2)o1. The average Bonchev–Trinajstić information content (AvgIpc) is 2.96. The minimum absolute atomic E-state index is 0.503. The van der Waals surface area contributed by atoms with Gasteiger partial charge in [0.05, 0.1) is 6.54 Å². The van der Waals surface area contributed by atoms with Crippen LogP contribution in [0.15, 0.2) is 16.5 Å². The molecule has 0 atom stereocenters. The van der Waals surface area contributed by atoms with E-state index in [-0.39, 0.29) is 0 Å². The summed E-state index contributed by atoms with van der Waals surface area (Å²) in [4.78, 5) is 0. The largest absolute Gasteiger partial charge is 0.465 e. The van der Waals surface area contributed by atoms with E-state index in [1.165, 1.54) is 25.7 Å². The maximum Gasteiger partial charge on any atom is 0.117 e. The summed E-state index contributed by atoms with van der Waals surface area (Å²) in [6, 6.07) is 4.84. The highest BCUT2D eigenvalue weighted by atomic mass is 16.3. The highest BCUT2D eigenvalue weighted by molar-refractivity contribution is 5.06. The Bertz CT molecular complexity index is 292. The van der Waals surface area contributed by atoms with Crippen molar-refractivity contribution in [2.75, 3.05) is 6.54 Å². The van der Waals surface area contributed by atoms with Crippen molar-refractivity contribution in [1.29, 1.82) is 0 Å². The molecule has 1 aliphatic rings. The molecule has 0 bridgehead atoms. The van der Waals surface area contributed by atoms with Crippen molar-refractivity contribution in [2.24, 2.45) is 5.73 Å². The monoisotopic (exact) mass is 208 g/mol. The molecule has 1 saturated carbocycles. The number of hydrogen-bond donors (Lipinski definition) is 2. The van der Waals surface area contributed by atoms with Crippen LogP contribution in [-0.4, -0.2) is 12.6 Å². The molecule has 1 heterocycles. The molecular weight excluding hydrogens is 188 g/mol. The van der Waals surface area contributed by atoms with Crippen LogP contribution in [0.3, 0.4) is 0 Å². The van der Waals surface area contributed by atoms with Gasteiger partial charge in [-0.1, -0.05) is 0 Å². The van der Waals surface area contributed by atoms with E-state index in [0.29, 0.717) is 6.54 Å². The third-order valence-corrected chi connectivity index (χ3v) is 2.78. The Labute approximate surface area is 91.0 Å². The Kier molecular flexibility index (Phi) is 3.80. The smallest absolute Gasteiger partial charge is 0.117 e. The van der Waals surface area contributed by atoms with E-state index >= 15 is 0 Å². The lowest BCUT2D eigenvalue weighted by molar-refractivity contribution is 0.457. The van der Waals surface area contributed by atoms with Crippen molar-refractivity contribution in [3.63, 3.8) is 0 Å². The lowest BCUT2D eigenvalue weighted by Crippen LogP contribution is -2.17. The van der Waals surface area contributed by atoms with Crippen molar-refractivity contribution >= 4 is 0 Å². The van der Waals surface area contributed by atoms with Crippen molar-refractivity contribution in [3.8, 4) is 0 Å². The van der Waals surface area contributed by atoms with Gasteiger partial charge in [-0.15, -0.1) is 0 Å². The molecule has 0 amide bonds. The fourth-order valence-corrected chi connectivity index (χ4v) is 1.68. The molecule has 1 aromatic heterocycles. The standard InChI is InChI=1S/C12H20N2O/c13-9-12-7-6-11(15-12)3-1-2-8-14-10-4-5-10/h6-7,10,14H,1-5,8-9,13H2. The molecule has 0 saturated heterocycles. The Hall–Kier alpha value is -0.800. The minimum atomic E-state index is 0.503. The zero-order valence-corrected chi connectivity index (χ0v) is 9.17. The predicted molar refractivity (Wildman–Crippen MR) is 60.6 cm³/mol. The van der Waals surface area contributed by atoms with Crippen molar-refractivity contribution < 1.29 is 4.42 Å². The van der Waals surface area contributed by atoms with Crippen LogP contribution in [0, 0.1) is 0 Å². The van der Waals surface area contributed by atoms with E-state index in [1.54, 1.807) is 0 Å². The summed E-state index contributed by atoms with van der Waals surface area (Å²) < 4.78 is 5.53. The van der Waals surface area contributed by atoms with Crippen LogP contribution in [0.2, 0.25) is 0 Å². The average molecular weight is 208 g/mol. The number of nitrogens with one attached hydrogen (secondary N) is 1. The molecule has 3 N–H and O–H groups in total. The normalized spacial score (nSPS) is 15.8. The second-order valence-electron chi connectivity index (χ2n) is 4.26. The Morgan fingerprint density at radius 3 is 2.73 bits per heavy atom. The lowest BCUT2D eigenvalue weighted by Gasteiger charge is -2.01. The van der Waals surface area contributed by atoms with E-state index in [1.807, 2.05) is 12.1 Å². The Morgan fingerprint density at radius 2 is 2.07 bits per heavy atom. The van der Waals surface area contributed by atoms with Gasteiger partial charge in [0.2, 0.25) is 0 Å². The molecule has 0 radical (unpaired) electrons. The third kappa shape index (κ3) is 3.68. The quantitative estimate of drug-likeness (QED) is 0.672. The zero-order chi connectivity index (χ0) is 10.5. The first-order valence-corrected chi connectivity index (χ1v) is 5.89. The zero-order valence-electron chi connectivity index (χ0n) is 9.17. The summed E-state index contributed by atoms with van der Waals surface area (Å²) >= 11 is 0. The number of furan rings is 1. The molecule has 0 unspecified atom stereocenters. The Balaban J connectivity index is 1.56.